The number of halogens is 1. The van der Waals surface area contributed by atoms with Gasteiger partial charge in [0.15, 0.2) is 0 Å². The van der Waals surface area contributed by atoms with Crippen LogP contribution in [0.15, 0.2) is 29.4 Å². The molecule has 0 aliphatic carbocycles. The fraction of sp³-hybridized carbons (Fsp3) is 0.273. The normalized spacial score (nSPS) is 15.3. The lowest BCUT2D eigenvalue weighted by Gasteiger charge is -2.06. The Morgan fingerprint density at radius 2 is 2.20 bits per heavy atom. The number of hydrogen-bond donors (Lipinski definition) is 0. The third-order valence-corrected chi connectivity index (χ3v) is 2.68. The van der Waals surface area contributed by atoms with Crippen molar-refractivity contribution < 1.29 is 4.79 Å². The Hall–Kier alpha value is -1.35. The number of carbonyl (C=O) groups is 1. The molecule has 0 radical (unpaired) electrons. The van der Waals surface area contributed by atoms with E-state index in [1.54, 1.807) is 0 Å². The van der Waals surface area contributed by atoms with E-state index in [0.717, 1.165) is 17.7 Å². The van der Waals surface area contributed by atoms with Gasteiger partial charge in [-0.3, -0.25) is 4.79 Å². The van der Waals surface area contributed by atoms with Crippen molar-refractivity contribution in [3.05, 3.63) is 34.9 Å². The first-order chi connectivity index (χ1) is 7.18. The van der Waals surface area contributed by atoms with Gasteiger partial charge in [-0.05, 0) is 6.07 Å². The molecule has 15 heavy (non-hydrogen) atoms. The second kappa shape index (κ2) is 4.03. The molecular weight excluding hydrogens is 212 g/mol. The lowest BCUT2D eigenvalue weighted by Crippen LogP contribution is -2.19. The molecule has 78 valence electrons. The molecule has 1 amide bonds. The predicted molar refractivity (Wildman–Crippen MR) is 60.0 cm³/mol. The minimum absolute atomic E-state index is 0.0305. The third kappa shape index (κ3) is 2.02. The summed E-state index contributed by atoms with van der Waals surface area (Å²) < 4.78 is 0. The standard InChI is InChI=1S/C11H11ClN2O/c1-8(15)14-7-6-11(13-14)9-4-2-3-5-10(9)12/h2-5H,6-7H2,1H3. The fourth-order valence-corrected chi connectivity index (χ4v) is 1.81. The topological polar surface area (TPSA) is 32.7 Å². The van der Waals surface area contributed by atoms with Crippen LogP contribution in [-0.4, -0.2) is 23.2 Å². The van der Waals surface area contributed by atoms with Crippen LogP contribution in [0.4, 0.5) is 0 Å². The highest BCUT2D eigenvalue weighted by Crippen LogP contribution is 2.20. The Labute approximate surface area is 93.3 Å². The Morgan fingerprint density at radius 1 is 1.47 bits per heavy atom. The lowest BCUT2D eigenvalue weighted by atomic mass is 10.1. The van der Waals surface area contributed by atoms with E-state index in [-0.39, 0.29) is 5.91 Å². The summed E-state index contributed by atoms with van der Waals surface area (Å²) in [6.07, 6.45) is 0.767. The third-order valence-electron chi connectivity index (χ3n) is 2.35. The number of amides is 1. The minimum Gasteiger partial charge on any atom is -0.273 e. The van der Waals surface area contributed by atoms with Gasteiger partial charge in [0, 0.05) is 23.9 Å². The highest BCUT2D eigenvalue weighted by Gasteiger charge is 2.19. The van der Waals surface area contributed by atoms with Crippen molar-refractivity contribution in [3.8, 4) is 0 Å². The van der Waals surface area contributed by atoms with Crippen molar-refractivity contribution >= 4 is 23.2 Å². The number of benzene rings is 1. The van der Waals surface area contributed by atoms with Gasteiger partial charge < -0.3 is 0 Å². The maximum Gasteiger partial charge on any atom is 0.239 e. The van der Waals surface area contributed by atoms with Crippen LogP contribution in [0.1, 0.15) is 18.9 Å². The molecule has 1 heterocycles. The predicted octanol–water partition coefficient (Wildman–Crippen LogP) is 2.30. The molecule has 2 rings (SSSR count). The SMILES string of the molecule is CC(=O)N1CCC(c2ccccc2Cl)=N1. The van der Waals surface area contributed by atoms with E-state index in [9.17, 15) is 4.79 Å². The summed E-state index contributed by atoms with van der Waals surface area (Å²) in [5.41, 5.74) is 1.80. The van der Waals surface area contributed by atoms with E-state index in [0.29, 0.717) is 11.6 Å². The summed E-state index contributed by atoms with van der Waals surface area (Å²) in [5.74, 6) is -0.0305. The first-order valence-corrected chi connectivity index (χ1v) is 5.17. The van der Waals surface area contributed by atoms with E-state index >= 15 is 0 Å². The zero-order valence-electron chi connectivity index (χ0n) is 8.40. The van der Waals surface area contributed by atoms with Gasteiger partial charge in [-0.2, -0.15) is 5.10 Å². The molecule has 1 aromatic rings. The number of hydrogen-bond acceptors (Lipinski definition) is 2. The number of hydrazone groups is 1. The van der Waals surface area contributed by atoms with Gasteiger partial charge in [0.05, 0.1) is 12.3 Å². The van der Waals surface area contributed by atoms with Crippen molar-refractivity contribution in [1.29, 1.82) is 0 Å². The lowest BCUT2D eigenvalue weighted by molar-refractivity contribution is -0.128. The molecule has 0 bridgehead atoms. The summed E-state index contributed by atoms with van der Waals surface area (Å²) >= 11 is 6.05. The summed E-state index contributed by atoms with van der Waals surface area (Å²) in [6, 6.07) is 7.55. The second-order valence-electron chi connectivity index (χ2n) is 3.42. The number of carbonyl (C=O) groups excluding carboxylic acids is 1. The van der Waals surface area contributed by atoms with Crippen LogP contribution in [0.25, 0.3) is 0 Å². The Balaban J connectivity index is 2.30. The Kier molecular flexibility index (Phi) is 2.73. The average molecular weight is 223 g/mol. The van der Waals surface area contributed by atoms with Gasteiger partial charge in [-0.15, -0.1) is 0 Å². The van der Waals surface area contributed by atoms with Crippen LogP contribution in [0, 0.1) is 0 Å². The fourth-order valence-electron chi connectivity index (χ4n) is 1.57. The number of nitrogens with zero attached hydrogens (tertiary/aromatic N) is 2. The van der Waals surface area contributed by atoms with E-state index in [4.69, 9.17) is 11.6 Å². The first kappa shape index (κ1) is 10.2. The van der Waals surface area contributed by atoms with Gasteiger partial charge in [0.25, 0.3) is 0 Å². The molecule has 1 aliphatic rings. The van der Waals surface area contributed by atoms with Crippen LogP contribution in [-0.2, 0) is 4.79 Å². The number of rotatable bonds is 1. The zero-order chi connectivity index (χ0) is 10.8. The summed E-state index contributed by atoms with van der Waals surface area (Å²) in [7, 11) is 0. The molecule has 0 spiro atoms. The molecule has 1 aliphatic heterocycles. The highest BCUT2D eigenvalue weighted by atomic mass is 35.5. The van der Waals surface area contributed by atoms with Crippen LogP contribution in [0.3, 0.4) is 0 Å². The van der Waals surface area contributed by atoms with Crippen molar-refractivity contribution in [2.24, 2.45) is 5.10 Å². The van der Waals surface area contributed by atoms with Gasteiger partial charge >= 0.3 is 0 Å². The molecule has 0 atom stereocenters. The highest BCUT2D eigenvalue weighted by molar-refractivity contribution is 6.34. The molecule has 0 unspecified atom stereocenters. The summed E-state index contributed by atoms with van der Waals surface area (Å²) in [4.78, 5) is 11.1. The largest absolute Gasteiger partial charge is 0.273 e. The molecule has 0 saturated heterocycles. The monoisotopic (exact) mass is 222 g/mol. The van der Waals surface area contributed by atoms with Gasteiger partial charge in [0.1, 0.15) is 0 Å². The van der Waals surface area contributed by atoms with Crippen LogP contribution in [0.2, 0.25) is 5.02 Å². The molecule has 0 saturated carbocycles. The maximum absolute atomic E-state index is 11.1. The smallest absolute Gasteiger partial charge is 0.239 e. The molecule has 0 aromatic heterocycles. The zero-order valence-corrected chi connectivity index (χ0v) is 9.16. The van der Waals surface area contributed by atoms with Crippen LogP contribution >= 0.6 is 11.6 Å². The molecule has 3 nitrogen and oxygen atoms in total. The summed E-state index contributed by atoms with van der Waals surface area (Å²) in [5, 5.41) is 6.39. The Bertz CT molecular complexity index is 428. The quantitative estimate of drug-likeness (QED) is 0.718. The van der Waals surface area contributed by atoms with Crippen LogP contribution < -0.4 is 0 Å². The van der Waals surface area contributed by atoms with E-state index < -0.39 is 0 Å². The maximum atomic E-state index is 11.1. The summed E-state index contributed by atoms with van der Waals surface area (Å²) in [6.45, 7) is 2.16. The molecule has 0 fully saturated rings. The van der Waals surface area contributed by atoms with E-state index in [1.165, 1.54) is 11.9 Å². The molecular formula is C11H11ClN2O. The van der Waals surface area contributed by atoms with Crippen molar-refractivity contribution in [1.82, 2.24) is 5.01 Å². The van der Waals surface area contributed by atoms with Crippen molar-refractivity contribution in [2.75, 3.05) is 6.54 Å². The van der Waals surface area contributed by atoms with Gasteiger partial charge in [0.2, 0.25) is 5.91 Å². The molecule has 4 heteroatoms. The Morgan fingerprint density at radius 3 is 2.80 bits per heavy atom. The first-order valence-electron chi connectivity index (χ1n) is 4.79. The van der Waals surface area contributed by atoms with Crippen molar-refractivity contribution in [2.45, 2.75) is 13.3 Å². The van der Waals surface area contributed by atoms with Gasteiger partial charge in [-0.1, -0.05) is 29.8 Å². The van der Waals surface area contributed by atoms with E-state index in [2.05, 4.69) is 5.10 Å². The van der Waals surface area contributed by atoms with Gasteiger partial charge in [-0.25, -0.2) is 5.01 Å². The minimum atomic E-state index is -0.0305. The van der Waals surface area contributed by atoms with Crippen LogP contribution in [0.5, 0.6) is 0 Å². The molecule has 1 aromatic carbocycles. The molecule has 0 N–H and O–H groups in total. The average Bonchev–Trinajstić information content (AvgIpc) is 2.67. The van der Waals surface area contributed by atoms with Crippen molar-refractivity contribution in [3.63, 3.8) is 0 Å². The van der Waals surface area contributed by atoms with E-state index in [1.807, 2.05) is 24.3 Å². The second-order valence-corrected chi connectivity index (χ2v) is 3.83.